The van der Waals surface area contributed by atoms with Crippen LogP contribution in [-0.4, -0.2) is 0 Å². The fourth-order valence-corrected chi connectivity index (χ4v) is 3.05. The Balaban J connectivity index is 2.68. The minimum Gasteiger partial charge on any atom is -0.103 e. The molecule has 0 aromatic rings. The minimum atomic E-state index is 0.592. The van der Waals surface area contributed by atoms with Crippen LogP contribution in [-0.2, 0) is 0 Å². The monoisotopic (exact) mass is 194 g/mol. The van der Waals surface area contributed by atoms with Crippen LogP contribution in [0.2, 0.25) is 0 Å². The third-order valence-electron chi connectivity index (χ3n) is 4.51. The first-order chi connectivity index (χ1) is 6.53. The normalized spacial score (nSPS) is 37.8. The Labute approximate surface area is 89.8 Å². The van der Waals surface area contributed by atoms with Crippen LogP contribution in [0, 0.1) is 23.2 Å². The van der Waals surface area contributed by atoms with Gasteiger partial charge in [0.1, 0.15) is 0 Å². The van der Waals surface area contributed by atoms with Crippen molar-refractivity contribution in [1.82, 2.24) is 0 Å². The second-order valence-electron chi connectivity index (χ2n) is 5.67. The molecule has 1 saturated carbocycles. The maximum absolute atomic E-state index is 3.89. The summed E-state index contributed by atoms with van der Waals surface area (Å²) in [4.78, 5) is 0. The summed E-state index contributed by atoms with van der Waals surface area (Å²) in [5.41, 5.74) is 0.592. The van der Waals surface area contributed by atoms with E-state index in [9.17, 15) is 0 Å². The lowest BCUT2D eigenvalue weighted by Gasteiger charge is -2.29. The smallest absolute Gasteiger partial charge is 0.0297 e. The Morgan fingerprint density at radius 2 is 1.93 bits per heavy atom. The highest BCUT2D eigenvalue weighted by Crippen LogP contribution is 2.51. The van der Waals surface area contributed by atoms with Crippen LogP contribution in [0.25, 0.3) is 0 Å². The van der Waals surface area contributed by atoms with Gasteiger partial charge in [-0.2, -0.15) is 0 Å². The van der Waals surface area contributed by atoms with E-state index in [2.05, 4.69) is 40.3 Å². The second-order valence-corrected chi connectivity index (χ2v) is 5.67. The highest BCUT2D eigenvalue weighted by atomic mass is 14.5. The van der Waals surface area contributed by atoms with Crippen molar-refractivity contribution < 1.29 is 0 Å². The summed E-state index contributed by atoms with van der Waals surface area (Å²) < 4.78 is 0. The molecule has 1 aliphatic rings. The first-order valence-electron chi connectivity index (χ1n) is 6.14. The Morgan fingerprint density at radius 1 is 1.36 bits per heavy atom. The van der Waals surface area contributed by atoms with Gasteiger partial charge in [-0.1, -0.05) is 40.2 Å². The predicted octanol–water partition coefficient (Wildman–Crippen LogP) is 4.66. The minimum absolute atomic E-state index is 0.592. The van der Waals surface area contributed by atoms with Gasteiger partial charge in [-0.05, 0) is 42.4 Å². The van der Waals surface area contributed by atoms with Crippen molar-refractivity contribution in [2.75, 3.05) is 0 Å². The van der Waals surface area contributed by atoms with Crippen LogP contribution >= 0.6 is 0 Å². The highest BCUT2D eigenvalue weighted by Gasteiger charge is 2.42. The van der Waals surface area contributed by atoms with Gasteiger partial charge in [-0.25, -0.2) is 0 Å². The van der Waals surface area contributed by atoms with Gasteiger partial charge in [0, 0.05) is 0 Å². The molecule has 3 unspecified atom stereocenters. The summed E-state index contributed by atoms with van der Waals surface area (Å²) in [5, 5.41) is 0. The van der Waals surface area contributed by atoms with Crippen LogP contribution < -0.4 is 0 Å². The van der Waals surface area contributed by atoms with E-state index in [4.69, 9.17) is 0 Å². The Kier molecular flexibility index (Phi) is 3.80. The largest absolute Gasteiger partial charge is 0.103 e. The molecule has 0 nitrogen and oxygen atoms in total. The average Bonchev–Trinajstić information content (AvgIpc) is 2.45. The van der Waals surface area contributed by atoms with Crippen LogP contribution in [0.3, 0.4) is 0 Å². The fraction of sp³-hybridized carbons (Fsp3) is 0.857. The molecule has 82 valence electrons. The van der Waals surface area contributed by atoms with E-state index in [0.29, 0.717) is 5.41 Å². The third-order valence-corrected chi connectivity index (χ3v) is 4.51. The molecular weight excluding hydrogens is 168 g/mol. The Bertz CT molecular complexity index is 192. The molecule has 0 heteroatoms. The number of rotatable bonds is 4. The quantitative estimate of drug-likeness (QED) is 0.571. The number of hydrogen-bond acceptors (Lipinski definition) is 0. The van der Waals surface area contributed by atoms with E-state index < -0.39 is 0 Å². The van der Waals surface area contributed by atoms with E-state index in [1.165, 1.54) is 25.7 Å². The zero-order chi connectivity index (χ0) is 10.8. The highest BCUT2D eigenvalue weighted by molar-refractivity contribution is 4.94. The van der Waals surface area contributed by atoms with Crippen molar-refractivity contribution in [2.24, 2.45) is 23.2 Å². The lowest BCUT2D eigenvalue weighted by Crippen LogP contribution is -2.19. The van der Waals surface area contributed by atoms with Crippen LogP contribution in [0.5, 0.6) is 0 Å². The molecule has 0 heterocycles. The number of allylic oxidation sites excluding steroid dienone is 1. The first kappa shape index (κ1) is 11.8. The van der Waals surface area contributed by atoms with Crippen molar-refractivity contribution >= 4 is 0 Å². The van der Waals surface area contributed by atoms with Gasteiger partial charge in [-0.3, -0.25) is 0 Å². The van der Waals surface area contributed by atoms with Crippen molar-refractivity contribution in [3.8, 4) is 0 Å². The molecule has 0 radical (unpaired) electrons. The van der Waals surface area contributed by atoms with E-state index in [1.807, 2.05) is 0 Å². The van der Waals surface area contributed by atoms with Gasteiger partial charge in [0.2, 0.25) is 0 Å². The van der Waals surface area contributed by atoms with Gasteiger partial charge in [0.05, 0.1) is 0 Å². The van der Waals surface area contributed by atoms with Crippen LogP contribution in [0.4, 0.5) is 0 Å². The van der Waals surface area contributed by atoms with Crippen LogP contribution in [0.1, 0.15) is 53.4 Å². The van der Waals surface area contributed by atoms with E-state index in [-0.39, 0.29) is 0 Å². The fourth-order valence-electron chi connectivity index (χ4n) is 3.05. The molecule has 14 heavy (non-hydrogen) atoms. The summed E-state index contributed by atoms with van der Waals surface area (Å²) in [7, 11) is 0. The molecule has 0 N–H and O–H groups in total. The Hall–Kier alpha value is -0.260. The van der Waals surface area contributed by atoms with Gasteiger partial charge >= 0.3 is 0 Å². The Morgan fingerprint density at radius 3 is 2.36 bits per heavy atom. The SMILES string of the molecule is C=CCC1CC(C)(C(C)C)CC1CC. The second kappa shape index (κ2) is 4.51. The van der Waals surface area contributed by atoms with E-state index in [1.54, 1.807) is 0 Å². The molecule has 3 atom stereocenters. The standard InChI is InChI=1S/C14H26/c1-6-8-13-10-14(5,11(3)4)9-12(13)7-2/h6,11-13H,1,7-10H2,2-5H3. The predicted molar refractivity (Wildman–Crippen MR) is 64.3 cm³/mol. The van der Waals surface area contributed by atoms with Crippen molar-refractivity contribution in [1.29, 1.82) is 0 Å². The van der Waals surface area contributed by atoms with E-state index >= 15 is 0 Å². The van der Waals surface area contributed by atoms with Crippen LogP contribution in [0.15, 0.2) is 12.7 Å². The average molecular weight is 194 g/mol. The zero-order valence-electron chi connectivity index (χ0n) is 10.3. The molecule has 1 fully saturated rings. The lowest BCUT2D eigenvalue weighted by atomic mass is 9.76. The summed E-state index contributed by atoms with van der Waals surface area (Å²) >= 11 is 0. The van der Waals surface area contributed by atoms with Gasteiger partial charge in [-0.15, -0.1) is 6.58 Å². The van der Waals surface area contributed by atoms with Crippen molar-refractivity contribution in [2.45, 2.75) is 53.4 Å². The van der Waals surface area contributed by atoms with Gasteiger partial charge in [0.25, 0.3) is 0 Å². The van der Waals surface area contributed by atoms with Gasteiger partial charge in [0.15, 0.2) is 0 Å². The van der Waals surface area contributed by atoms with Crippen molar-refractivity contribution in [3.05, 3.63) is 12.7 Å². The summed E-state index contributed by atoms with van der Waals surface area (Å²) in [6.07, 6.45) is 7.52. The number of hydrogen-bond donors (Lipinski definition) is 0. The molecule has 0 bridgehead atoms. The third kappa shape index (κ3) is 2.21. The molecule has 0 saturated heterocycles. The maximum Gasteiger partial charge on any atom is -0.0297 e. The molecule has 0 aromatic carbocycles. The molecule has 0 spiro atoms. The zero-order valence-corrected chi connectivity index (χ0v) is 10.3. The summed E-state index contributed by atoms with van der Waals surface area (Å²) in [6.45, 7) is 13.5. The maximum atomic E-state index is 3.89. The molecule has 0 amide bonds. The molecule has 1 aliphatic carbocycles. The topological polar surface area (TPSA) is 0 Å². The van der Waals surface area contributed by atoms with E-state index in [0.717, 1.165) is 17.8 Å². The molecular formula is C14H26. The van der Waals surface area contributed by atoms with Crippen molar-refractivity contribution in [3.63, 3.8) is 0 Å². The summed E-state index contributed by atoms with van der Waals surface area (Å²) in [5.74, 6) is 2.68. The molecule has 1 rings (SSSR count). The first-order valence-corrected chi connectivity index (χ1v) is 6.14. The molecule has 0 aromatic heterocycles. The summed E-state index contributed by atoms with van der Waals surface area (Å²) in [6, 6.07) is 0. The van der Waals surface area contributed by atoms with Gasteiger partial charge < -0.3 is 0 Å². The molecule has 0 aliphatic heterocycles. The lowest BCUT2D eigenvalue weighted by molar-refractivity contribution is 0.214.